The maximum absolute atomic E-state index is 5.52. The Hall–Kier alpha value is -2.10. The second-order valence-corrected chi connectivity index (χ2v) is 5.14. The first-order valence-corrected chi connectivity index (χ1v) is 7.54. The summed E-state index contributed by atoms with van der Waals surface area (Å²) in [5, 5.41) is 3.33. The molecule has 0 fully saturated rings. The van der Waals surface area contributed by atoms with Crippen molar-refractivity contribution in [2.24, 2.45) is 0 Å². The Labute approximate surface area is 126 Å². The molecule has 0 amide bonds. The van der Waals surface area contributed by atoms with Crippen LogP contribution < -0.4 is 10.1 Å². The van der Waals surface area contributed by atoms with Crippen LogP contribution in [0.2, 0.25) is 0 Å². The predicted molar refractivity (Wildman–Crippen MR) is 85.7 cm³/mol. The summed E-state index contributed by atoms with van der Waals surface area (Å²) in [7, 11) is 0. The topological polar surface area (TPSA) is 47.0 Å². The maximum Gasteiger partial charge on any atom is 0.226 e. The molecule has 4 heteroatoms. The van der Waals surface area contributed by atoms with Crippen LogP contribution >= 0.6 is 0 Å². The van der Waals surface area contributed by atoms with Crippen LogP contribution in [0.4, 0.5) is 5.95 Å². The number of anilines is 1. The molecule has 1 aromatic carbocycles. The van der Waals surface area contributed by atoms with Crippen LogP contribution in [0.25, 0.3) is 0 Å². The molecule has 1 heterocycles. The van der Waals surface area contributed by atoms with E-state index < -0.39 is 0 Å². The fraction of sp³-hybridized carbons (Fsp3) is 0.412. The van der Waals surface area contributed by atoms with E-state index in [9.17, 15) is 0 Å². The molecule has 0 bridgehead atoms. The van der Waals surface area contributed by atoms with E-state index in [0.717, 1.165) is 19.3 Å². The predicted octanol–water partition coefficient (Wildman–Crippen LogP) is 3.70. The number of nitrogens with zero attached hydrogens (tertiary/aromatic N) is 2. The van der Waals surface area contributed by atoms with E-state index in [1.54, 1.807) is 12.3 Å². The van der Waals surface area contributed by atoms with Crippen molar-refractivity contribution >= 4 is 5.95 Å². The van der Waals surface area contributed by atoms with Crippen molar-refractivity contribution in [2.75, 3.05) is 11.9 Å². The van der Waals surface area contributed by atoms with Crippen LogP contribution in [0, 0.1) is 0 Å². The molecular formula is C17H23N3O. The van der Waals surface area contributed by atoms with E-state index in [1.165, 1.54) is 5.56 Å². The minimum Gasteiger partial charge on any atom is -0.478 e. The third kappa shape index (κ3) is 5.42. The van der Waals surface area contributed by atoms with Gasteiger partial charge in [0.05, 0.1) is 6.61 Å². The Bertz CT molecular complexity index is 531. The smallest absolute Gasteiger partial charge is 0.226 e. The van der Waals surface area contributed by atoms with Crippen LogP contribution in [0.1, 0.15) is 32.3 Å². The van der Waals surface area contributed by atoms with Gasteiger partial charge in [0.15, 0.2) is 0 Å². The van der Waals surface area contributed by atoms with Crippen LogP contribution in [0.15, 0.2) is 42.6 Å². The molecule has 2 aromatic rings. The monoisotopic (exact) mass is 285 g/mol. The highest BCUT2D eigenvalue weighted by Gasteiger charge is 2.06. The molecule has 4 nitrogen and oxygen atoms in total. The third-order valence-electron chi connectivity index (χ3n) is 3.17. The van der Waals surface area contributed by atoms with Gasteiger partial charge in [-0.25, -0.2) is 4.98 Å². The van der Waals surface area contributed by atoms with E-state index in [0.29, 0.717) is 24.5 Å². The average Bonchev–Trinajstić information content (AvgIpc) is 2.52. The van der Waals surface area contributed by atoms with Gasteiger partial charge in [0.2, 0.25) is 11.8 Å². The summed E-state index contributed by atoms with van der Waals surface area (Å²) in [5.41, 5.74) is 1.35. The Morgan fingerprint density at radius 2 is 2.00 bits per heavy atom. The molecule has 112 valence electrons. The molecule has 1 aromatic heterocycles. The summed E-state index contributed by atoms with van der Waals surface area (Å²) < 4.78 is 5.52. The number of benzene rings is 1. The molecule has 0 spiro atoms. The van der Waals surface area contributed by atoms with Gasteiger partial charge in [0.25, 0.3) is 0 Å². The molecule has 0 aliphatic carbocycles. The zero-order valence-corrected chi connectivity index (χ0v) is 12.7. The molecule has 0 aliphatic rings. The third-order valence-corrected chi connectivity index (χ3v) is 3.17. The molecule has 1 N–H and O–H groups in total. The second-order valence-electron chi connectivity index (χ2n) is 5.14. The number of rotatable bonds is 8. The zero-order chi connectivity index (χ0) is 14.9. The quantitative estimate of drug-likeness (QED) is 0.803. The van der Waals surface area contributed by atoms with Crippen LogP contribution in [-0.2, 0) is 6.42 Å². The van der Waals surface area contributed by atoms with Crippen LogP contribution in [-0.4, -0.2) is 22.6 Å². The summed E-state index contributed by atoms with van der Waals surface area (Å²) >= 11 is 0. The molecule has 0 saturated carbocycles. The Morgan fingerprint density at radius 3 is 2.76 bits per heavy atom. The Kier molecular flexibility index (Phi) is 6.00. The van der Waals surface area contributed by atoms with Crippen molar-refractivity contribution in [3.05, 3.63) is 48.2 Å². The lowest BCUT2D eigenvalue weighted by atomic mass is 10.1. The van der Waals surface area contributed by atoms with Crippen molar-refractivity contribution in [3.8, 4) is 5.88 Å². The van der Waals surface area contributed by atoms with Gasteiger partial charge in [-0.15, -0.1) is 0 Å². The van der Waals surface area contributed by atoms with Gasteiger partial charge in [0.1, 0.15) is 0 Å². The minimum absolute atomic E-state index is 0.312. The fourth-order valence-corrected chi connectivity index (χ4v) is 2.02. The Morgan fingerprint density at radius 1 is 1.19 bits per heavy atom. The first-order chi connectivity index (χ1) is 10.3. The minimum atomic E-state index is 0.312. The van der Waals surface area contributed by atoms with Crippen molar-refractivity contribution in [3.63, 3.8) is 0 Å². The lowest BCUT2D eigenvalue weighted by molar-refractivity contribution is 0.305. The number of aryl methyl sites for hydroxylation is 1. The zero-order valence-electron chi connectivity index (χ0n) is 12.7. The number of ether oxygens (including phenoxy) is 1. The molecule has 0 aliphatic heterocycles. The lowest BCUT2D eigenvalue weighted by Gasteiger charge is -2.14. The highest BCUT2D eigenvalue weighted by atomic mass is 16.5. The summed E-state index contributed by atoms with van der Waals surface area (Å²) in [5.74, 6) is 1.26. The Balaban J connectivity index is 1.83. The number of aromatic nitrogens is 2. The first-order valence-electron chi connectivity index (χ1n) is 7.54. The molecule has 1 atom stereocenters. The summed E-state index contributed by atoms with van der Waals surface area (Å²) in [6.45, 7) is 4.90. The maximum atomic E-state index is 5.52. The van der Waals surface area contributed by atoms with Crippen molar-refractivity contribution in [1.82, 2.24) is 9.97 Å². The molecule has 21 heavy (non-hydrogen) atoms. The summed E-state index contributed by atoms with van der Waals surface area (Å²) in [6.07, 6.45) is 4.78. The molecule has 0 saturated heterocycles. The summed E-state index contributed by atoms with van der Waals surface area (Å²) in [6, 6.07) is 12.6. The second kappa shape index (κ2) is 8.25. The molecular weight excluding hydrogens is 262 g/mol. The van der Waals surface area contributed by atoms with Gasteiger partial charge in [-0.3, -0.25) is 0 Å². The van der Waals surface area contributed by atoms with Crippen molar-refractivity contribution in [1.29, 1.82) is 0 Å². The largest absolute Gasteiger partial charge is 0.478 e. The van der Waals surface area contributed by atoms with E-state index in [-0.39, 0.29) is 0 Å². The first kappa shape index (κ1) is 15.3. The average molecular weight is 285 g/mol. The SMILES string of the molecule is CCCOc1ccnc(NC(C)CCc2ccccc2)n1. The summed E-state index contributed by atoms with van der Waals surface area (Å²) in [4.78, 5) is 8.60. The van der Waals surface area contributed by atoms with Crippen molar-refractivity contribution < 1.29 is 4.74 Å². The van der Waals surface area contributed by atoms with E-state index in [4.69, 9.17) is 4.74 Å². The molecule has 1 unspecified atom stereocenters. The molecule has 2 rings (SSSR count). The van der Waals surface area contributed by atoms with E-state index >= 15 is 0 Å². The van der Waals surface area contributed by atoms with Gasteiger partial charge in [0, 0.05) is 18.3 Å². The number of nitrogens with one attached hydrogen (secondary N) is 1. The van der Waals surface area contributed by atoms with Gasteiger partial charge >= 0.3 is 0 Å². The standard InChI is InChI=1S/C17H23N3O/c1-3-13-21-16-11-12-18-17(20-16)19-14(2)9-10-15-7-5-4-6-8-15/h4-8,11-12,14H,3,9-10,13H2,1-2H3,(H,18,19,20). The van der Waals surface area contributed by atoms with Gasteiger partial charge < -0.3 is 10.1 Å². The highest BCUT2D eigenvalue weighted by molar-refractivity contribution is 5.28. The van der Waals surface area contributed by atoms with Crippen LogP contribution in [0.3, 0.4) is 0 Å². The van der Waals surface area contributed by atoms with Gasteiger partial charge in [-0.2, -0.15) is 4.98 Å². The van der Waals surface area contributed by atoms with Crippen molar-refractivity contribution in [2.45, 2.75) is 39.2 Å². The van der Waals surface area contributed by atoms with E-state index in [1.807, 2.05) is 6.07 Å². The van der Waals surface area contributed by atoms with E-state index in [2.05, 4.69) is 53.4 Å². The molecule has 0 radical (unpaired) electrons. The fourth-order valence-electron chi connectivity index (χ4n) is 2.02. The number of hydrogen-bond donors (Lipinski definition) is 1. The van der Waals surface area contributed by atoms with Crippen LogP contribution in [0.5, 0.6) is 5.88 Å². The number of hydrogen-bond acceptors (Lipinski definition) is 4. The highest BCUT2D eigenvalue weighted by Crippen LogP contribution is 2.12. The normalized spacial score (nSPS) is 11.9. The van der Waals surface area contributed by atoms with Gasteiger partial charge in [-0.05, 0) is 31.7 Å². The lowest BCUT2D eigenvalue weighted by Crippen LogP contribution is -2.18. The van der Waals surface area contributed by atoms with Gasteiger partial charge in [-0.1, -0.05) is 37.3 Å².